The molecule has 5 nitrogen and oxygen atoms in total. The number of rotatable bonds is 3. The van der Waals surface area contributed by atoms with E-state index in [1.54, 1.807) is 0 Å². The molecule has 0 aliphatic carbocycles. The van der Waals surface area contributed by atoms with Gasteiger partial charge in [-0.3, -0.25) is 14.4 Å². The molecule has 130 valence electrons. The van der Waals surface area contributed by atoms with Crippen LogP contribution in [-0.2, 0) is 6.18 Å². The lowest BCUT2D eigenvalue weighted by Gasteiger charge is -2.35. The van der Waals surface area contributed by atoms with Crippen LogP contribution < -0.4 is 5.32 Å². The van der Waals surface area contributed by atoms with E-state index in [1.165, 1.54) is 18.7 Å². The summed E-state index contributed by atoms with van der Waals surface area (Å²) in [6.07, 6.45) is -2.99. The van der Waals surface area contributed by atoms with Crippen molar-refractivity contribution in [1.82, 2.24) is 20.0 Å². The Morgan fingerprint density at radius 2 is 2.04 bits per heavy atom. The minimum atomic E-state index is -4.65. The van der Waals surface area contributed by atoms with Crippen molar-refractivity contribution >= 4 is 5.91 Å². The van der Waals surface area contributed by atoms with Crippen LogP contribution >= 0.6 is 0 Å². The van der Waals surface area contributed by atoms with Crippen molar-refractivity contribution in [2.75, 3.05) is 20.1 Å². The van der Waals surface area contributed by atoms with Gasteiger partial charge in [-0.15, -0.1) is 0 Å². The molecule has 0 saturated carbocycles. The normalized spacial score (nSPS) is 20.1. The number of hydrogen-bond acceptors (Lipinski definition) is 3. The molecule has 1 amide bonds. The number of hydrogen-bond donors (Lipinski definition) is 1. The highest BCUT2D eigenvalue weighted by Gasteiger charge is 2.41. The van der Waals surface area contributed by atoms with Gasteiger partial charge in [-0.1, -0.05) is 0 Å². The molecular weight excluding hydrogens is 309 g/mol. The molecule has 0 radical (unpaired) electrons. The van der Waals surface area contributed by atoms with E-state index < -0.39 is 17.8 Å². The first-order valence-corrected chi connectivity index (χ1v) is 7.79. The van der Waals surface area contributed by atoms with Gasteiger partial charge in [0.1, 0.15) is 0 Å². The molecule has 2 heterocycles. The number of aromatic nitrogens is 2. The number of amides is 1. The van der Waals surface area contributed by atoms with Crippen molar-refractivity contribution in [2.45, 2.75) is 51.9 Å². The quantitative estimate of drug-likeness (QED) is 0.926. The van der Waals surface area contributed by atoms with Gasteiger partial charge in [-0.2, -0.15) is 18.3 Å². The maximum absolute atomic E-state index is 13.2. The van der Waals surface area contributed by atoms with Crippen LogP contribution in [0.1, 0.15) is 54.5 Å². The summed E-state index contributed by atoms with van der Waals surface area (Å²) in [5.74, 6) is -0.752. The van der Waals surface area contributed by atoms with Crippen molar-refractivity contribution in [3.05, 3.63) is 17.0 Å². The Morgan fingerprint density at radius 1 is 1.39 bits per heavy atom. The molecule has 1 fully saturated rings. The molecule has 1 unspecified atom stereocenters. The predicted molar refractivity (Wildman–Crippen MR) is 80.3 cm³/mol. The molecule has 0 bridgehead atoms. The lowest BCUT2D eigenvalue weighted by atomic mass is 10.0. The predicted octanol–water partition coefficient (Wildman–Crippen LogP) is 2.62. The summed E-state index contributed by atoms with van der Waals surface area (Å²) in [6, 6.07) is 0.180. The van der Waals surface area contributed by atoms with Crippen LogP contribution in [0.3, 0.4) is 0 Å². The van der Waals surface area contributed by atoms with Crippen molar-refractivity contribution in [3.63, 3.8) is 0 Å². The number of carbonyl (C=O) groups is 1. The van der Waals surface area contributed by atoms with Gasteiger partial charge in [0.2, 0.25) is 0 Å². The third kappa shape index (κ3) is 3.52. The van der Waals surface area contributed by atoms with Gasteiger partial charge in [-0.25, -0.2) is 0 Å². The molecule has 2 rings (SSSR count). The summed E-state index contributed by atoms with van der Waals surface area (Å²) >= 11 is 0. The second-order valence-electron chi connectivity index (χ2n) is 6.22. The zero-order chi connectivity index (χ0) is 17.4. The second-order valence-corrected chi connectivity index (χ2v) is 6.22. The number of carbonyl (C=O) groups excluding carboxylic acids is 1. The SMILES string of the molecule is CNC(=O)c1c(C(F)(F)F)nn(C2CCCN(C(C)C)C2)c1C. The highest BCUT2D eigenvalue weighted by atomic mass is 19.4. The Kier molecular flexibility index (Phi) is 5.03. The van der Waals surface area contributed by atoms with E-state index in [4.69, 9.17) is 0 Å². The van der Waals surface area contributed by atoms with Crippen LogP contribution in [0.15, 0.2) is 0 Å². The number of piperidine rings is 1. The molecule has 23 heavy (non-hydrogen) atoms. The van der Waals surface area contributed by atoms with Gasteiger partial charge in [0.05, 0.1) is 11.6 Å². The van der Waals surface area contributed by atoms with Gasteiger partial charge in [0.25, 0.3) is 5.91 Å². The maximum atomic E-state index is 13.2. The first-order valence-electron chi connectivity index (χ1n) is 7.79. The summed E-state index contributed by atoms with van der Waals surface area (Å²) in [4.78, 5) is 14.1. The molecule has 1 aromatic heterocycles. The van der Waals surface area contributed by atoms with Crippen LogP contribution in [0.5, 0.6) is 0 Å². The van der Waals surface area contributed by atoms with E-state index in [0.717, 1.165) is 19.4 Å². The lowest BCUT2D eigenvalue weighted by molar-refractivity contribution is -0.142. The molecule has 1 aromatic rings. The molecule has 8 heteroatoms. The van der Waals surface area contributed by atoms with Gasteiger partial charge in [0.15, 0.2) is 5.69 Å². The van der Waals surface area contributed by atoms with Crippen molar-refractivity contribution in [1.29, 1.82) is 0 Å². The molecule has 0 aromatic carbocycles. The van der Waals surface area contributed by atoms with Crippen LogP contribution in [0.25, 0.3) is 0 Å². The molecule has 0 spiro atoms. The van der Waals surface area contributed by atoms with Crippen molar-refractivity contribution in [2.24, 2.45) is 0 Å². The summed E-state index contributed by atoms with van der Waals surface area (Å²) in [6.45, 7) is 7.24. The Bertz CT molecular complexity index is 580. The van der Waals surface area contributed by atoms with E-state index in [1.807, 2.05) is 0 Å². The van der Waals surface area contributed by atoms with Crippen LogP contribution in [0.4, 0.5) is 13.2 Å². The second kappa shape index (κ2) is 6.51. The molecule has 1 aliphatic heterocycles. The fourth-order valence-corrected chi connectivity index (χ4v) is 3.12. The highest BCUT2D eigenvalue weighted by molar-refractivity contribution is 5.96. The van der Waals surface area contributed by atoms with Crippen LogP contribution in [-0.4, -0.2) is 46.8 Å². The third-order valence-corrected chi connectivity index (χ3v) is 4.38. The average Bonchev–Trinajstić information content (AvgIpc) is 2.84. The lowest BCUT2D eigenvalue weighted by Crippen LogP contribution is -2.41. The summed E-state index contributed by atoms with van der Waals surface area (Å²) in [5.41, 5.74) is -1.20. The molecule has 1 N–H and O–H groups in total. The van der Waals surface area contributed by atoms with Gasteiger partial charge in [0, 0.05) is 25.3 Å². The molecule has 1 atom stereocenters. The molecular formula is C15H23F3N4O. The Balaban J connectivity index is 2.43. The Hall–Kier alpha value is -1.57. The van der Waals surface area contributed by atoms with E-state index in [-0.39, 0.29) is 17.3 Å². The third-order valence-electron chi connectivity index (χ3n) is 4.38. The summed E-state index contributed by atoms with van der Waals surface area (Å²) < 4.78 is 41.1. The fourth-order valence-electron chi connectivity index (χ4n) is 3.12. The largest absolute Gasteiger partial charge is 0.435 e. The minimum absolute atomic E-state index is 0.148. The van der Waals surface area contributed by atoms with Crippen LogP contribution in [0.2, 0.25) is 0 Å². The smallest absolute Gasteiger partial charge is 0.355 e. The first-order chi connectivity index (χ1) is 10.7. The fraction of sp³-hybridized carbons (Fsp3) is 0.733. The summed E-state index contributed by atoms with van der Waals surface area (Å²) in [5, 5.41) is 6.05. The number of nitrogens with zero attached hydrogens (tertiary/aromatic N) is 3. The van der Waals surface area contributed by atoms with Crippen LogP contribution in [0, 0.1) is 6.92 Å². The Labute approximate surface area is 133 Å². The summed E-state index contributed by atoms with van der Waals surface area (Å²) in [7, 11) is 1.32. The van der Waals surface area contributed by atoms with Gasteiger partial charge >= 0.3 is 6.18 Å². The number of alkyl halides is 3. The maximum Gasteiger partial charge on any atom is 0.435 e. The zero-order valence-corrected chi connectivity index (χ0v) is 13.9. The van der Waals surface area contributed by atoms with Crippen molar-refractivity contribution in [3.8, 4) is 0 Å². The van der Waals surface area contributed by atoms with Gasteiger partial charge < -0.3 is 5.32 Å². The number of halogens is 3. The monoisotopic (exact) mass is 332 g/mol. The highest BCUT2D eigenvalue weighted by Crippen LogP contribution is 2.34. The zero-order valence-electron chi connectivity index (χ0n) is 13.9. The standard InChI is InChI=1S/C15H23F3N4O/c1-9(2)21-7-5-6-11(8-21)22-10(3)12(14(23)19-4)13(20-22)15(16,17)18/h9,11H,5-8H2,1-4H3,(H,19,23). The Morgan fingerprint density at radius 3 is 2.57 bits per heavy atom. The van der Waals surface area contributed by atoms with Crippen molar-refractivity contribution < 1.29 is 18.0 Å². The van der Waals surface area contributed by atoms with E-state index in [9.17, 15) is 18.0 Å². The number of nitrogens with one attached hydrogen (secondary N) is 1. The van der Waals surface area contributed by atoms with E-state index >= 15 is 0 Å². The van der Waals surface area contributed by atoms with Gasteiger partial charge in [-0.05, 0) is 40.2 Å². The van der Waals surface area contributed by atoms with E-state index in [2.05, 4.69) is 29.2 Å². The molecule has 1 saturated heterocycles. The van der Waals surface area contributed by atoms with E-state index in [0.29, 0.717) is 12.6 Å². The number of likely N-dealkylation sites (tertiary alicyclic amines) is 1. The topological polar surface area (TPSA) is 50.2 Å². The first kappa shape index (κ1) is 17.8. The molecule has 1 aliphatic rings. The minimum Gasteiger partial charge on any atom is -0.355 e. The average molecular weight is 332 g/mol.